The summed E-state index contributed by atoms with van der Waals surface area (Å²) in [5, 5.41) is 3.40. The summed E-state index contributed by atoms with van der Waals surface area (Å²) < 4.78 is 0. The lowest BCUT2D eigenvalue weighted by molar-refractivity contribution is 0.385. The first-order valence-corrected chi connectivity index (χ1v) is 6.27. The first-order chi connectivity index (χ1) is 7.16. The van der Waals surface area contributed by atoms with Crippen LogP contribution in [0.15, 0.2) is 0 Å². The maximum Gasteiger partial charge on any atom is 0.0165 e. The molecule has 92 valence electrons. The van der Waals surface area contributed by atoms with Crippen molar-refractivity contribution in [3.8, 4) is 0 Å². The highest BCUT2D eigenvalue weighted by Crippen LogP contribution is 1.99. The van der Waals surface area contributed by atoms with E-state index in [1.165, 1.54) is 32.2 Å². The van der Waals surface area contributed by atoms with Crippen LogP contribution in [0.25, 0.3) is 0 Å². The van der Waals surface area contributed by atoms with Gasteiger partial charge in [0.05, 0.1) is 0 Å². The van der Waals surface area contributed by atoms with Gasteiger partial charge in [0.2, 0.25) is 0 Å². The van der Waals surface area contributed by atoms with Crippen LogP contribution in [0.3, 0.4) is 0 Å². The number of nitrogens with two attached hydrogens (primary N) is 1. The lowest BCUT2D eigenvalue weighted by atomic mass is 10.1. The van der Waals surface area contributed by atoms with E-state index in [2.05, 4.69) is 31.2 Å². The standard InChI is InChI=1S/C12H29N3/c1-4-5-9-14-11-12(13)8-6-7-10-15(2)3/h12,14H,4-11,13H2,1-3H3. The summed E-state index contributed by atoms with van der Waals surface area (Å²) in [6, 6.07) is 0.337. The molecule has 0 saturated heterocycles. The highest BCUT2D eigenvalue weighted by Gasteiger charge is 2.01. The van der Waals surface area contributed by atoms with Crippen molar-refractivity contribution in [3.05, 3.63) is 0 Å². The normalized spacial score (nSPS) is 13.4. The van der Waals surface area contributed by atoms with Crippen LogP contribution in [0.1, 0.15) is 39.0 Å². The Hall–Kier alpha value is -0.120. The molecule has 0 aromatic heterocycles. The predicted octanol–water partition coefficient (Wildman–Crippen LogP) is 1.44. The molecule has 0 fully saturated rings. The number of rotatable bonds is 10. The molecule has 3 nitrogen and oxygen atoms in total. The van der Waals surface area contributed by atoms with Gasteiger partial charge in [0.15, 0.2) is 0 Å². The lowest BCUT2D eigenvalue weighted by Crippen LogP contribution is -2.34. The maximum absolute atomic E-state index is 6.00. The van der Waals surface area contributed by atoms with Gasteiger partial charge in [-0.15, -0.1) is 0 Å². The molecule has 15 heavy (non-hydrogen) atoms. The maximum atomic E-state index is 6.00. The van der Waals surface area contributed by atoms with E-state index in [0.29, 0.717) is 6.04 Å². The van der Waals surface area contributed by atoms with Crippen molar-refractivity contribution in [2.24, 2.45) is 5.73 Å². The Morgan fingerprint density at radius 1 is 1.20 bits per heavy atom. The molecule has 0 rings (SSSR count). The van der Waals surface area contributed by atoms with E-state index in [1.54, 1.807) is 0 Å². The monoisotopic (exact) mass is 215 g/mol. The van der Waals surface area contributed by atoms with Crippen molar-refractivity contribution in [2.45, 2.75) is 45.1 Å². The Morgan fingerprint density at radius 3 is 2.53 bits per heavy atom. The first kappa shape index (κ1) is 14.9. The molecule has 0 saturated carbocycles. The van der Waals surface area contributed by atoms with Crippen LogP contribution >= 0.6 is 0 Å². The average molecular weight is 215 g/mol. The highest BCUT2D eigenvalue weighted by molar-refractivity contribution is 4.64. The number of nitrogens with zero attached hydrogens (tertiary/aromatic N) is 1. The van der Waals surface area contributed by atoms with Gasteiger partial charge in [-0.1, -0.05) is 19.8 Å². The van der Waals surface area contributed by atoms with Gasteiger partial charge in [-0.05, 0) is 46.4 Å². The third-order valence-electron chi connectivity index (χ3n) is 2.54. The van der Waals surface area contributed by atoms with Crippen LogP contribution in [0.5, 0.6) is 0 Å². The molecule has 0 aromatic rings. The topological polar surface area (TPSA) is 41.3 Å². The van der Waals surface area contributed by atoms with Crippen LogP contribution in [0, 0.1) is 0 Å². The molecule has 3 heteroatoms. The summed E-state index contributed by atoms with van der Waals surface area (Å²) >= 11 is 0. The van der Waals surface area contributed by atoms with E-state index >= 15 is 0 Å². The van der Waals surface area contributed by atoms with Crippen molar-refractivity contribution in [1.29, 1.82) is 0 Å². The molecule has 0 aliphatic heterocycles. The second-order valence-corrected chi connectivity index (χ2v) is 4.62. The SMILES string of the molecule is CCCCNCC(N)CCCCN(C)C. The summed E-state index contributed by atoms with van der Waals surface area (Å²) in [5.74, 6) is 0. The Kier molecular flexibility index (Phi) is 10.3. The van der Waals surface area contributed by atoms with Gasteiger partial charge in [0.25, 0.3) is 0 Å². The van der Waals surface area contributed by atoms with Crippen LogP contribution in [0.2, 0.25) is 0 Å². The van der Waals surface area contributed by atoms with Gasteiger partial charge in [0.1, 0.15) is 0 Å². The molecule has 0 bridgehead atoms. The summed E-state index contributed by atoms with van der Waals surface area (Å²) in [6.45, 7) is 5.47. The van der Waals surface area contributed by atoms with Crippen LogP contribution in [-0.4, -0.2) is 44.7 Å². The van der Waals surface area contributed by atoms with Gasteiger partial charge in [-0.25, -0.2) is 0 Å². The quantitative estimate of drug-likeness (QED) is 0.542. The fourth-order valence-electron chi connectivity index (χ4n) is 1.53. The zero-order valence-electron chi connectivity index (χ0n) is 10.8. The molecule has 1 unspecified atom stereocenters. The average Bonchev–Trinajstić information content (AvgIpc) is 2.19. The number of unbranched alkanes of at least 4 members (excludes halogenated alkanes) is 2. The third kappa shape index (κ3) is 11.8. The Bertz CT molecular complexity index is 126. The molecule has 1 atom stereocenters. The molecule has 0 aliphatic rings. The zero-order valence-corrected chi connectivity index (χ0v) is 10.8. The smallest absolute Gasteiger partial charge is 0.0165 e. The van der Waals surface area contributed by atoms with E-state index in [0.717, 1.165) is 19.5 Å². The minimum Gasteiger partial charge on any atom is -0.327 e. The largest absolute Gasteiger partial charge is 0.327 e. The summed E-state index contributed by atoms with van der Waals surface area (Å²) in [5.41, 5.74) is 6.00. The zero-order chi connectivity index (χ0) is 11.5. The van der Waals surface area contributed by atoms with Crippen LogP contribution in [-0.2, 0) is 0 Å². The Morgan fingerprint density at radius 2 is 1.93 bits per heavy atom. The van der Waals surface area contributed by atoms with Crippen molar-refractivity contribution in [3.63, 3.8) is 0 Å². The van der Waals surface area contributed by atoms with Crippen molar-refractivity contribution < 1.29 is 0 Å². The Balaban J connectivity index is 3.15. The Labute approximate surface area is 95.4 Å². The van der Waals surface area contributed by atoms with E-state index in [9.17, 15) is 0 Å². The minimum atomic E-state index is 0.337. The van der Waals surface area contributed by atoms with Gasteiger partial charge >= 0.3 is 0 Å². The lowest BCUT2D eigenvalue weighted by Gasteiger charge is -2.13. The van der Waals surface area contributed by atoms with Crippen molar-refractivity contribution in [1.82, 2.24) is 10.2 Å². The highest BCUT2D eigenvalue weighted by atomic mass is 15.0. The van der Waals surface area contributed by atoms with Gasteiger partial charge in [-0.3, -0.25) is 0 Å². The molecule has 3 N–H and O–H groups in total. The van der Waals surface area contributed by atoms with Gasteiger partial charge in [-0.2, -0.15) is 0 Å². The molecule has 0 aliphatic carbocycles. The van der Waals surface area contributed by atoms with Crippen molar-refractivity contribution in [2.75, 3.05) is 33.7 Å². The molecule has 0 spiro atoms. The second-order valence-electron chi connectivity index (χ2n) is 4.62. The molecule has 0 amide bonds. The summed E-state index contributed by atoms with van der Waals surface area (Å²) in [7, 11) is 4.23. The summed E-state index contributed by atoms with van der Waals surface area (Å²) in [6.07, 6.45) is 6.16. The number of hydrogen-bond acceptors (Lipinski definition) is 3. The van der Waals surface area contributed by atoms with Crippen molar-refractivity contribution >= 4 is 0 Å². The number of nitrogens with one attached hydrogen (secondary N) is 1. The fraction of sp³-hybridized carbons (Fsp3) is 1.00. The van der Waals surface area contributed by atoms with E-state index in [4.69, 9.17) is 5.73 Å². The van der Waals surface area contributed by atoms with Gasteiger partial charge in [0, 0.05) is 12.6 Å². The van der Waals surface area contributed by atoms with Gasteiger partial charge < -0.3 is 16.0 Å². The number of hydrogen-bond donors (Lipinski definition) is 2. The van der Waals surface area contributed by atoms with Crippen LogP contribution < -0.4 is 11.1 Å². The molecular formula is C12H29N3. The summed E-state index contributed by atoms with van der Waals surface area (Å²) in [4.78, 5) is 2.23. The second kappa shape index (κ2) is 10.4. The minimum absolute atomic E-state index is 0.337. The predicted molar refractivity (Wildman–Crippen MR) is 68.2 cm³/mol. The van der Waals surface area contributed by atoms with E-state index in [-0.39, 0.29) is 0 Å². The molecule has 0 radical (unpaired) electrons. The molecule has 0 heterocycles. The molecular weight excluding hydrogens is 186 g/mol. The third-order valence-corrected chi connectivity index (χ3v) is 2.54. The first-order valence-electron chi connectivity index (χ1n) is 6.27. The van der Waals surface area contributed by atoms with E-state index in [1.807, 2.05) is 0 Å². The van der Waals surface area contributed by atoms with Crippen LogP contribution in [0.4, 0.5) is 0 Å². The fourth-order valence-corrected chi connectivity index (χ4v) is 1.53. The molecule has 0 aromatic carbocycles. The van der Waals surface area contributed by atoms with E-state index < -0.39 is 0 Å².